The Balaban J connectivity index is 0. The molecule has 0 atom stereocenters. The Morgan fingerprint density at radius 3 is 0.769 bits per heavy atom. The third-order valence-electron chi connectivity index (χ3n) is 5.94. The lowest BCUT2D eigenvalue weighted by Crippen LogP contribution is -2.50. The van der Waals surface area contributed by atoms with Crippen molar-refractivity contribution in [1.29, 1.82) is 0 Å². The summed E-state index contributed by atoms with van der Waals surface area (Å²) in [6.07, 6.45) is 22.8. The normalized spacial score (nSPS) is 11.5. The van der Waals surface area contributed by atoms with Crippen LogP contribution in [0.5, 0.6) is 0 Å². The molecule has 0 aromatic rings. The molecular weight excluding hydrogens is 316 g/mol. The molecule has 0 unspecified atom stereocenters. The molecule has 0 bridgehead atoms. The smallest absolute Gasteiger partial charge is 0.0786 e. The van der Waals surface area contributed by atoms with Gasteiger partial charge in [0.1, 0.15) is 0 Å². The van der Waals surface area contributed by atoms with Crippen molar-refractivity contribution in [2.24, 2.45) is 0 Å². The van der Waals surface area contributed by atoms with E-state index in [1.165, 1.54) is 133 Å². The van der Waals surface area contributed by atoms with Crippen LogP contribution in [0.2, 0.25) is 0 Å². The van der Waals surface area contributed by atoms with Crippen molar-refractivity contribution < 1.29 is 4.48 Å². The summed E-state index contributed by atoms with van der Waals surface area (Å²) in [5.41, 5.74) is 0. The monoisotopic (exact) mass is 371 g/mol. The number of nitrogens with zero attached hydrogens (tertiary/aromatic N) is 1. The van der Waals surface area contributed by atoms with E-state index in [-0.39, 0.29) is 6.15 Å². The van der Waals surface area contributed by atoms with Gasteiger partial charge >= 0.3 is 0 Å². The maximum absolute atomic E-state index is 2.34. The maximum Gasteiger partial charge on any atom is 0.0786 e. The molecule has 160 valence electrons. The fraction of sp³-hybridized carbons (Fsp3) is 1.00. The number of quaternary nitrogens is 1. The lowest BCUT2D eigenvalue weighted by atomic mass is 10.1. The fourth-order valence-electron chi connectivity index (χ4n) is 4.17. The van der Waals surface area contributed by atoms with Crippen LogP contribution in [0.3, 0.4) is 0 Å². The minimum absolute atomic E-state index is 0. The zero-order valence-corrected chi connectivity index (χ0v) is 19.3. The predicted octanol–water partition coefficient (Wildman–Crippen LogP) is 8.29. The lowest BCUT2D eigenvalue weighted by molar-refractivity contribution is -0.929. The van der Waals surface area contributed by atoms with E-state index in [9.17, 15) is 0 Å². The first-order valence-corrected chi connectivity index (χ1v) is 12.1. The topological polar surface area (TPSA) is 35.0 Å². The van der Waals surface area contributed by atoms with Crippen LogP contribution in [0.15, 0.2) is 0 Å². The summed E-state index contributed by atoms with van der Waals surface area (Å²) in [6.45, 7) is 15.2. The summed E-state index contributed by atoms with van der Waals surface area (Å²) in [5, 5.41) is 0. The standard InChI is InChI=1S/C24H52N.H3N/c1-5-9-13-17-21-25(22-18-14-10-6-2,23-19-15-11-7-3)24-20-16-12-8-4;/h5-24H2,1-4H3;1H3/q+1;. The van der Waals surface area contributed by atoms with Crippen molar-refractivity contribution in [3.8, 4) is 0 Å². The second kappa shape index (κ2) is 21.2. The number of rotatable bonds is 20. The first-order chi connectivity index (χ1) is 12.2. The highest BCUT2D eigenvalue weighted by Gasteiger charge is 2.25. The molecule has 0 aliphatic heterocycles. The molecule has 3 N–H and O–H groups in total. The molecular formula is C24H55N2+. The third-order valence-corrected chi connectivity index (χ3v) is 5.94. The van der Waals surface area contributed by atoms with Crippen molar-refractivity contribution >= 4 is 0 Å². The summed E-state index contributed by atoms with van der Waals surface area (Å²) in [7, 11) is 0. The Morgan fingerprint density at radius 2 is 0.577 bits per heavy atom. The maximum atomic E-state index is 2.34. The van der Waals surface area contributed by atoms with Gasteiger partial charge in [-0.25, -0.2) is 0 Å². The van der Waals surface area contributed by atoms with Crippen LogP contribution in [0.1, 0.15) is 130 Å². The second-order valence-electron chi connectivity index (χ2n) is 8.48. The molecule has 26 heavy (non-hydrogen) atoms. The van der Waals surface area contributed by atoms with Crippen molar-refractivity contribution in [2.75, 3.05) is 26.2 Å². The van der Waals surface area contributed by atoms with Gasteiger partial charge in [-0.05, 0) is 51.4 Å². The zero-order valence-electron chi connectivity index (χ0n) is 19.3. The van der Waals surface area contributed by atoms with E-state index < -0.39 is 0 Å². The van der Waals surface area contributed by atoms with Gasteiger partial charge in [-0.15, -0.1) is 0 Å². The summed E-state index contributed by atoms with van der Waals surface area (Å²) < 4.78 is 1.46. The minimum atomic E-state index is 0. The number of unbranched alkanes of at least 4 members (excludes halogenated alkanes) is 12. The Labute approximate surface area is 167 Å². The molecule has 0 heterocycles. The average Bonchev–Trinajstić information content (AvgIpc) is 2.63. The highest BCUT2D eigenvalue weighted by atomic mass is 15.3. The van der Waals surface area contributed by atoms with E-state index in [0.717, 1.165) is 0 Å². The van der Waals surface area contributed by atoms with E-state index in [0.29, 0.717) is 0 Å². The molecule has 0 spiro atoms. The van der Waals surface area contributed by atoms with E-state index in [1.54, 1.807) is 0 Å². The Hall–Kier alpha value is -0.0800. The summed E-state index contributed by atoms with van der Waals surface area (Å²) in [6, 6.07) is 0. The average molecular weight is 372 g/mol. The van der Waals surface area contributed by atoms with Crippen molar-refractivity contribution in [1.82, 2.24) is 6.15 Å². The Morgan fingerprint density at radius 1 is 0.346 bits per heavy atom. The molecule has 0 aromatic carbocycles. The largest absolute Gasteiger partial charge is 0.344 e. The third kappa shape index (κ3) is 16.1. The molecule has 0 rings (SSSR count). The molecule has 0 saturated carbocycles. The van der Waals surface area contributed by atoms with Gasteiger partial charge < -0.3 is 10.6 Å². The molecule has 2 nitrogen and oxygen atoms in total. The number of hydrogen-bond donors (Lipinski definition) is 1. The number of hydrogen-bond acceptors (Lipinski definition) is 1. The van der Waals surface area contributed by atoms with Crippen molar-refractivity contribution in [2.45, 2.75) is 130 Å². The molecule has 0 aliphatic carbocycles. The predicted molar refractivity (Wildman–Crippen MR) is 121 cm³/mol. The molecule has 0 radical (unpaired) electrons. The van der Waals surface area contributed by atoms with Crippen LogP contribution in [-0.2, 0) is 0 Å². The van der Waals surface area contributed by atoms with E-state index >= 15 is 0 Å². The molecule has 0 saturated heterocycles. The van der Waals surface area contributed by atoms with Crippen LogP contribution < -0.4 is 6.15 Å². The van der Waals surface area contributed by atoms with Crippen molar-refractivity contribution in [3.63, 3.8) is 0 Å². The van der Waals surface area contributed by atoms with Gasteiger partial charge in [0.25, 0.3) is 0 Å². The van der Waals surface area contributed by atoms with Gasteiger partial charge in [0.2, 0.25) is 0 Å². The first-order valence-electron chi connectivity index (χ1n) is 12.1. The van der Waals surface area contributed by atoms with Crippen LogP contribution in [-0.4, -0.2) is 30.7 Å². The highest BCUT2D eigenvalue weighted by Crippen LogP contribution is 2.19. The van der Waals surface area contributed by atoms with Crippen LogP contribution in [0, 0.1) is 0 Å². The molecule has 0 aliphatic rings. The first kappa shape index (κ1) is 28.1. The van der Waals surface area contributed by atoms with E-state index in [2.05, 4.69) is 27.7 Å². The van der Waals surface area contributed by atoms with Crippen LogP contribution in [0.25, 0.3) is 0 Å². The van der Waals surface area contributed by atoms with Crippen LogP contribution in [0.4, 0.5) is 0 Å². The summed E-state index contributed by atoms with van der Waals surface area (Å²) >= 11 is 0. The zero-order chi connectivity index (χ0) is 18.6. The van der Waals surface area contributed by atoms with Gasteiger partial charge in [0.05, 0.1) is 26.2 Å². The molecule has 0 amide bonds. The van der Waals surface area contributed by atoms with E-state index in [4.69, 9.17) is 0 Å². The molecule has 0 aromatic heterocycles. The lowest BCUT2D eigenvalue weighted by Gasteiger charge is -2.39. The van der Waals surface area contributed by atoms with Gasteiger partial charge in [0.15, 0.2) is 0 Å². The second-order valence-corrected chi connectivity index (χ2v) is 8.48. The molecule has 0 fully saturated rings. The summed E-state index contributed by atoms with van der Waals surface area (Å²) in [4.78, 5) is 0. The minimum Gasteiger partial charge on any atom is -0.344 e. The molecule has 2 heteroatoms. The van der Waals surface area contributed by atoms with Crippen LogP contribution >= 0.6 is 0 Å². The van der Waals surface area contributed by atoms with Crippen molar-refractivity contribution in [3.05, 3.63) is 0 Å². The Kier molecular flexibility index (Phi) is 23.0. The highest BCUT2D eigenvalue weighted by molar-refractivity contribution is 4.53. The SMILES string of the molecule is CCCCCC[N+](CCCCCC)(CCCCCC)CCCCCC.N. The van der Waals surface area contributed by atoms with Gasteiger partial charge in [-0.3, -0.25) is 0 Å². The van der Waals surface area contributed by atoms with Gasteiger partial charge in [0, 0.05) is 0 Å². The van der Waals surface area contributed by atoms with E-state index in [1.807, 2.05) is 0 Å². The van der Waals surface area contributed by atoms with Gasteiger partial charge in [-0.1, -0.05) is 79.1 Å². The van der Waals surface area contributed by atoms with Gasteiger partial charge in [-0.2, -0.15) is 0 Å². The Bertz CT molecular complexity index is 199. The quantitative estimate of drug-likeness (QED) is 0.169. The summed E-state index contributed by atoms with van der Waals surface area (Å²) in [5.74, 6) is 0. The fourth-order valence-corrected chi connectivity index (χ4v) is 4.17.